The van der Waals surface area contributed by atoms with Crippen molar-refractivity contribution < 1.29 is 28.5 Å². The van der Waals surface area contributed by atoms with Crippen LogP contribution in [-0.2, 0) is 25.4 Å². The predicted molar refractivity (Wildman–Crippen MR) is 208 cm³/mol. The molecular formula is C41H39ClN4O6S. The summed E-state index contributed by atoms with van der Waals surface area (Å²) in [5.74, 6) is 0.499. The molecule has 0 unspecified atom stereocenters. The molecule has 10 nitrogen and oxygen atoms in total. The summed E-state index contributed by atoms with van der Waals surface area (Å²) in [4.78, 5) is 37.4. The number of hydrogen-bond acceptors (Lipinski definition) is 8. The number of nitrogens with one attached hydrogen (secondary N) is 2. The van der Waals surface area contributed by atoms with Gasteiger partial charge >= 0.3 is 0 Å². The molecule has 2 N–H and O–H groups in total. The first-order chi connectivity index (χ1) is 26.0. The highest BCUT2D eigenvalue weighted by molar-refractivity contribution is 7.99. The van der Waals surface area contributed by atoms with Gasteiger partial charge in [-0.3, -0.25) is 19.5 Å². The number of rotatable bonds is 17. The number of aromatic nitrogens is 2. The number of anilines is 2. The second kappa shape index (κ2) is 17.7. The molecule has 1 aliphatic rings. The zero-order valence-corrected chi connectivity index (χ0v) is 30.6. The fourth-order valence-electron chi connectivity index (χ4n) is 6.09. The first kappa shape index (κ1) is 36.4. The maximum atomic E-state index is 13.7. The minimum absolute atomic E-state index is 0.00436. The molecule has 0 saturated carbocycles. The number of pyridine rings is 1. The molecule has 0 bridgehead atoms. The highest BCUT2D eigenvalue weighted by atomic mass is 35.5. The van der Waals surface area contributed by atoms with Gasteiger partial charge in [0, 0.05) is 67.5 Å². The molecule has 0 spiro atoms. The number of aromatic amines is 1. The van der Waals surface area contributed by atoms with E-state index < -0.39 is 0 Å². The molecule has 6 aromatic rings. The Kier molecular flexibility index (Phi) is 12.2. The average molecular weight is 751 g/mol. The Hall–Kier alpha value is -4.91. The third-order valence-electron chi connectivity index (χ3n) is 8.71. The van der Waals surface area contributed by atoms with Gasteiger partial charge in [-0.25, -0.2) is 0 Å². The second-order valence-corrected chi connectivity index (χ2v) is 13.8. The monoisotopic (exact) mass is 750 g/mol. The van der Waals surface area contributed by atoms with Crippen LogP contribution in [0.1, 0.15) is 22.3 Å². The van der Waals surface area contributed by atoms with E-state index in [1.165, 1.54) is 0 Å². The van der Waals surface area contributed by atoms with Crippen molar-refractivity contribution in [3.8, 4) is 5.75 Å². The molecule has 2 amide bonds. The summed E-state index contributed by atoms with van der Waals surface area (Å²) in [5.41, 5.74) is 5.35. The van der Waals surface area contributed by atoms with Crippen LogP contribution in [0.3, 0.4) is 0 Å². The summed E-state index contributed by atoms with van der Waals surface area (Å²) in [6.07, 6.45) is 4.71. The molecule has 4 aromatic carbocycles. The topological polar surface area (TPSA) is 115 Å². The average Bonchev–Trinajstić information content (AvgIpc) is 3.56. The number of carbonyl (C=O) groups is 2. The minimum Gasteiger partial charge on any atom is -0.491 e. The van der Waals surface area contributed by atoms with Gasteiger partial charge in [0.1, 0.15) is 12.4 Å². The smallest absolute Gasteiger partial charge is 0.262 e. The molecule has 1 aliphatic heterocycles. The van der Waals surface area contributed by atoms with Crippen LogP contribution in [-0.4, -0.2) is 74.6 Å². The number of hydrogen-bond donors (Lipinski definition) is 2. The van der Waals surface area contributed by atoms with E-state index in [1.807, 2.05) is 54.7 Å². The van der Waals surface area contributed by atoms with Crippen LogP contribution in [0, 0.1) is 0 Å². The molecule has 3 heterocycles. The zero-order valence-electron chi connectivity index (χ0n) is 29.0. The lowest BCUT2D eigenvalue weighted by Crippen LogP contribution is -2.28. The van der Waals surface area contributed by atoms with Crippen molar-refractivity contribution in [3.05, 3.63) is 120 Å². The second-order valence-electron chi connectivity index (χ2n) is 12.3. The number of ether oxygens (including phenoxy) is 4. The minimum atomic E-state index is -0.144. The zero-order chi connectivity index (χ0) is 36.4. The fraction of sp³-hybridized carbons (Fsp3) is 0.244. The van der Waals surface area contributed by atoms with Crippen molar-refractivity contribution in [1.82, 2.24) is 15.3 Å². The van der Waals surface area contributed by atoms with Crippen LogP contribution in [0.5, 0.6) is 5.75 Å². The molecular weight excluding hydrogens is 712 g/mol. The Morgan fingerprint density at radius 1 is 0.755 bits per heavy atom. The van der Waals surface area contributed by atoms with Crippen LogP contribution in [0.2, 0.25) is 5.02 Å². The summed E-state index contributed by atoms with van der Waals surface area (Å²) in [6.45, 7) is 3.36. The number of aryl methyl sites for hydroxylation is 1. The van der Waals surface area contributed by atoms with Crippen LogP contribution < -0.4 is 15.0 Å². The number of fused-ring (bicyclic) bond motifs is 5. The molecule has 7 rings (SSSR count). The fourth-order valence-corrected chi connectivity index (χ4v) is 7.29. The maximum Gasteiger partial charge on any atom is 0.262 e. The number of para-hydroxylation sites is 1. The van der Waals surface area contributed by atoms with Crippen LogP contribution in [0.4, 0.5) is 11.4 Å². The SMILES string of the molecule is O=C(CCc1ccc2c(c1)[nH]c1ccncc12)NCCOCCOCCOCCOc1ccc(C(=O)N2c3ccccc3Sc3ccc(Cl)cc32)cc1. The molecule has 0 saturated heterocycles. The van der Waals surface area contributed by atoms with Crippen LogP contribution >= 0.6 is 23.4 Å². The van der Waals surface area contributed by atoms with Gasteiger partial charge in [0.25, 0.3) is 5.91 Å². The Balaban J connectivity index is 0.721. The number of H-pyrrole nitrogens is 1. The summed E-state index contributed by atoms with van der Waals surface area (Å²) in [7, 11) is 0. The van der Waals surface area contributed by atoms with E-state index in [-0.39, 0.29) is 11.8 Å². The van der Waals surface area contributed by atoms with Gasteiger partial charge in [0.15, 0.2) is 0 Å². The predicted octanol–water partition coefficient (Wildman–Crippen LogP) is 7.99. The molecule has 0 aliphatic carbocycles. The van der Waals surface area contributed by atoms with Gasteiger partial charge in [-0.1, -0.05) is 47.6 Å². The van der Waals surface area contributed by atoms with Gasteiger partial charge in [-0.05, 0) is 78.7 Å². The lowest BCUT2D eigenvalue weighted by Gasteiger charge is -2.31. The van der Waals surface area contributed by atoms with Gasteiger partial charge in [0.05, 0.1) is 51.0 Å². The third-order valence-corrected chi connectivity index (χ3v) is 10.1. The molecule has 0 atom stereocenters. The number of halogens is 1. The van der Waals surface area contributed by atoms with Crippen molar-refractivity contribution >= 4 is 68.4 Å². The Morgan fingerprint density at radius 2 is 1.51 bits per heavy atom. The van der Waals surface area contributed by atoms with E-state index in [0.29, 0.717) is 82.0 Å². The molecule has 0 fully saturated rings. The lowest BCUT2D eigenvalue weighted by molar-refractivity contribution is -0.121. The summed E-state index contributed by atoms with van der Waals surface area (Å²) >= 11 is 7.93. The molecule has 53 heavy (non-hydrogen) atoms. The Morgan fingerprint density at radius 3 is 2.34 bits per heavy atom. The molecule has 2 aromatic heterocycles. The normalized spacial score (nSPS) is 12.1. The van der Waals surface area contributed by atoms with E-state index in [9.17, 15) is 9.59 Å². The van der Waals surface area contributed by atoms with Crippen LogP contribution in [0.15, 0.2) is 113 Å². The lowest BCUT2D eigenvalue weighted by atomic mass is 10.1. The summed E-state index contributed by atoms with van der Waals surface area (Å²) in [5, 5.41) is 5.71. The van der Waals surface area contributed by atoms with E-state index in [2.05, 4.69) is 33.5 Å². The van der Waals surface area contributed by atoms with Gasteiger partial charge in [-0.15, -0.1) is 0 Å². The Labute approximate surface area is 316 Å². The highest BCUT2D eigenvalue weighted by Gasteiger charge is 2.29. The quantitative estimate of drug-likeness (QED) is 0.0903. The number of benzene rings is 4. The number of carbonyl (C=O) groups excluding carboxylic acids is 2. The van der Waals surface area contributed by atoms with E-state index >= 15 is 0 Å². The van der Waals surface area contributed by atoms with Crippen molar-refractivity contribution in [2.75, 3.05) is 57.7 Å². The number of amides is 2. The van der Waals surface area contributed by atoms with E-state index in [0.717, 1.165) is 48.5 Å². The molecule has 12 heteroatoms. The summed E-state index contributed by atoms with van der Waals surface area (Å²) < 4.78 is 22.6. The van der Waals surface area contributed by atoms with Crippen LogP contribution in [0.25, 0.3) is 21.8 Å². The van der Waals surface area contributed by atoms with E-state index in [1.54, 1.807) is 47.1 Å². The van der Waals surface area contributed by atoms with Gasteiger partial charge in [0.2, 0.25) is 5.91 Å². The third kappa shape index (κ3) is 9.19. The maximum absolute atomic E-state index is 13.7. The Bertz CT molecular complexity index is 2190. The largest absolute Gasteiger partial charge is 0.491 e. The standard InChI is InChI=1S/C41H39ClN4O6S/c42-30-9-13-39-37(26-30)46(36-3-1-2-4-38(36)53-39)41(48)29-7-10-31(11-8-29)52-24-23-51-22-21-50-20-19-49-18-17-44-40(47)14-6-28-5-12-32-33-27-43-16-15-34(33)45-35(32)25-28/h1-5,7-13,15-16,25-27,45H,6,14,17-24H2,(H,44,47). The first-order valence-electron chi connectivity index (χ1n) is 17.5. The summed E-state index contributed by atoms with van der Waals surface area (Å²) in [6, 6.07) is 28.8. The highest BCUT2D eigenvalue weighted by Crippen LogP contribution is 2.49. The number of nitrogens with zero attached hydrogens (tertiary/aromatic N) is 2. The van der Waals surface area contributed by atoms with Crippen molar-refractivity contribution in [1.29, 1.82) is 0 Å². The first-order valence-corrected chi connectivity index (χ1v) is 18.7. The molecule has 0 radical (unpaired) electrons. The van der Waals surface area contributed by atoms with Crippen molar-refractivity contribution in [3.63, 3.8) is 0 Å². The van der Waals surface area contributed by atoms with Gasteiger partial charge < -0.3 is 29.2 Å². The van der Waals surface area contributed by atoms with Crippen molar-refractivity contribution in [2.45, 2.75) is 22.6 Å². The molecule has 272 valence electrons. The van der Waals surface area contributed by atoms with Crippen molar-refractivity contribution in [2.24, 2.45) is 0 Å². The van der Waals surface area contributed by atoms with E-state index in [4.69, 9.17) is 30.5 Å². The van der Waals surface area contributed by atoms with Gasteiger partial charge in [-0.2, -0.15) is 0 Å².